The molecule has 142 valence electrons. The van der Waals surface area contributed by atoms with Crippen LogP contribution in [0.5, 0.6) is 0 Å². The molecule has 0 saturated carbocycles. The number of nitrogens with zero attached hydrogens (tertiary/aromatic N) is 5. The third-order valence-electron chi connectivity index (χ3n) is 5.15. The van der Waals surface area contributed by atoms with Gasteiger partial charge in [-0.2, -0.15) is 5.10 Å². The number of amides is 1. The van der Waals surface area contributed by atoms with Crippen LogP contribution in [-0.2, 0) is 6.54 Å². The van der Waals surface area contributed by atoms with Gasteiger partial charge in [-0.1, -0.05) is 0 Å². The minimum atomic E-state index is -0.0348. The lowest BCUT2D eigenvalue weighted by Crippen LogP contribution is -2.38. The highest BCUT2D eigenvalue weighted by atomic mass is 16.4. The molecule has 0 spiro atoms. The lowest BCUT2D eigenvalue weighted by molar-refractivity contribution is 0.0675. The topological polar surface area (TPSA) is 69.1 Å². The van der Waals surface area contributed by atoms with E-state index in [1.165, 1.54) is 0 Å². The van der Waals surface area contributed by atoms with Gasteiger partial charge < -0.3 is 13.9 Å². The van der Waals surface area contributed by atoms with Gasteiger partial charge in [0.1, 0.15) is 11.6 Å². The lowest BCUT2D eigenvalue weighted by Gasteiger charge is -2.31. The third-order valence-corrected chi connectivity index (χ3v) is 5.15. The molecule has 0 radical (unpaired) electrons. The maximum absolute atomic E-state index is 12.8. The third kappa shape index (κ3) is 3.67. The second-order valence-corrected chi connectivity index (χ2v) is 7.32. The van der Waals surface area contributed by atoms with Crippen molar-refractivity contribution < 1.29 is 9.21 Å². The van der Waals surface area contributed by atoms with Gasteiger partial charge in [0, 0.05) is 49.8 Å². The predicted molar refractivity (Wildman–Crippen MR) is 101 cm³/mol. The Morgan fingerprint density at radius 1 is 1.22 bits per heavy atom. The van der Waals surface area contributed by atoms with E-state index in [2.05, 4.69) is 28.5 Å². The highest BCUT2D eigenvalue weighted by molar-refractivity contribution is 5.91. The molecule has 0 aliphatic carbocycles. The summed E-state index contributed by atoms with van der Waals surface area (Å²) in [5.74, 6) is 2.64. The number of rotatable bonds is 5. The molecule has 3 aromatic rings. The summed E-state index contributed by atoms with van der Waals surface area (Å²) in [5, 5.41) is 4.16. The Morgan fingerprint density at radius 2 is 2.04 bits per heavy atom. The molecular formula is C20H25N5O2. The first-order valence-electron chi connectivity index (χ1n) is 9.50. The van der Waals surface area contributed by atoms with Crippen LogP contribution in [0.2, 0.25) is 0 Å². The molecule has 0 aromatic carbocycles. The summed E-state index contributed by atoms with van der Waals surface area (Å²) >= 11 is 0. The smallest absolute Gasteiger partial charge is 0.289 e. The molecule has 7 nitrogen and oxygen atoms in total. The van der Waals surface area contributed by atoms with Gasteiger partial charge in [-0.25, -0.2) is 4.98 Å². The van der Waals surface area contributed by atoms with E-state index in [-0.39, 0.29) is 5.91 Å². The Bertz CT molecular complexity index is 885. The molecule has 0 N–H and O–H groups in total. The number of imidazole rings is 1. The van der Waals surface area contributed by atoms with E-state index >= 15 is 0 Å². The molecule has 1 amide bonds. The molecular weight excluding hydrogens is 342 g/mol. The average molecular weight is 367 g/mol. The van der Waals surface area contributed by atoms with Crippen molar-refractivity contribution in [1.82, 2.24) is 24.2 Å². The lowest BCUT2D eigenvalue weighted by atomic mass is 9.95. The average Bonchev–Trinajstić information content (AvgIpc) is 3.43. The Labute approximate surface area is 158 Å². The number of piperidine rings is 1. The van der Waals surface area contributed by atoms with Crippen LogP contribution in [0.1, 0.15) is 60.8 Å². The summed E-state index contributed by atoms with van der Waals surface area (Å²) in [6, 6.07) is 5.88. The van der Waals surface area contributed by atoms with E-state index in [1.807, 2.05) is 35.6 Å². The summed E-state index contributed by atoms with van der Waals surface area (Å²) in [6.45, 7) is 6.32. The molecule has 0 unspecified atom stereocenters. The second-order valence-electron chi connectivity index (χ2n) is 7.32. The first-order valence-corrected chi connectivity index (χ1v) is 9.50. The number of carbonyl (C=O) groups is 1. The number of hydrogen-bond acceptors (Lipinski definition) is 4. The fourth-order valence-electron chi connectivity index (χ4n) is 3.71. The van der Waals surface area contributed by atoms with Crippen molar-refractivity contribution in [1.29, 1.82) is 0 Å². The Kier molecular flexibility index (Phi) is 4.83. The summed E-state index contributed by atoms with van der Waals surface area (Å²) in [5.41, 5.74) is 0. The molecule has 1 fully saturated rings. The first kappa shape index (κ1) is 17.6. The van der Waals surface area contributed by atoms with E-state index in [9.17, 15) is 4.79 Å². The van der Waals surface area contributed by atoms with Crippen molar-refractivity contribution in [3.8, 4) is 0 Å². The minimum Gasteiger partial charge on any atom is -0.454 e. The maximum Gasteiger partial charge on any atom is 0.289 e. The van der Waals surface area contributed by atoms with Crippen molar-refractivity contribution in [2.45, 2.75) is 45.2 Å². The number of hydrogen-bond donors (Lipinski definition) is 0. The maximum atomic E-state index is 12.8. The molecule has 1 aliphatic heterocycles. The Morgan fingerprint density at radius 3 is 2.74 bits per heavy atom. The Hall–Kier alpha value is -2.83. The number of furan rings is 1. The minimum absolute atomic E-state index is 0.0348. The molecule has 1 aliphatic rings. The second kappa shape index (κ2) is 7.42. The summed E-state index contributed by atoms with van der Waals surface area (Å²) in [4.78, 5) is 19.2. The van der Waals surface area contributed by atoms with E-state index in [1.54, 1.807) is 16.9 Å². The summed E-state index contributed by atoms with van der Waals surface area (Å²) in [6.07, 6.45) is 9.37. The molecule has 4 heterocycles. The highest BCUT2D eigenvalue weighted by Gasteiger charge is 2.28. The van der Waals surface area contributed by atoms with Gasteiger partial charge in [-0.05, 0) is 44.9 Å². The van der Waals surface area contributed by atoms with Gasteiger partial charge in [0.25, 0.3) is 5.91 Å². The van der Waals surface area contributed by atoms with Crippen LogP contribution in [0.4, 0.5) is 0 Å². The summed E-state index contributed by atoms with van der Waals surface area (Å²) < 4.78 is 9.76. The van der Waals surface area contributed by atoms with Crippen molar-refractivity contribution in [2.75, 3.05) is 13.1 Å². The van der Waals surface area contributed by atoms with Gasteiger partial charge in [-0.3, -0.25) is 9.48 Å². The van der Waals surface area contributed by atoms with E-state index < -0.39 is 0 Å². The normalized spacial score (nSPS) is 15.6. The van der Waals surface area contributed by atoms with Gasteiger partial charge in [0.2, 0.25) is 0 Å². The zero-order valence-electron chi connectivity index (χ0n) is 15.8. The number of carbonyl (C=O) groups excluding carboxylic acids is 1. The molecule has 7 heteroatoms. The molecule has 3 aromatic heterocycles. The van der Waals surface area contributed by atoms with Gasteiger partial charge in [-0.15, -0.1) is 0 Å². The highest BCUT2D eigenvalue weighted by Crippen LogP contribution is 2.29. The number of likely N-dealkylation sites (tertiary alicyclic amines) is 1. The van der Waals surface area contributed by atoms with Crippen LogP contribution in [0.25, 0.3) is 0 Å². The van der Waals surface area contributed by atoms with Crippen LogP contribution in [0.3, 0.4) is 0 Å². The van der Waals surface area contributed by atoms with Crippen LogP contribution in [-0.4, -0.2) is 43.2 Å². The quantitative estimate of drug-likeness (QED) is 0.694. The monoisotopic (exact) mass is 367 g/mol. The number of aromatic nitrogens is 4. The van der Waals surface area contributed by atoms with E-state index in [0.717, 1.165) is 37.5 Å². The van der Waals surface area contributed by atoms with Crippen molar-refractivity contribution in [3.05, 3.63) is 60.3 Å². The van der Waals surface area contributed by atoms with E-state index in [4.69, 9.17) is 4.42 Å². The van der Waals surface area contributed by atoms with Crippen LogP contribution >= 0.6 is 0 Å². The zero-order chi connectivity index (χ0) is 18.8. The SMILES string of the molecule is CC(C)n1ccnc1C1CCN(C(=O)c2ccc(Cn3cccn3)o2)CC1. The van der Waals surface area contributed by atoms with Crippen molar-refractivity contribution in [2.24, 2.45) is 0 Å². The van der Waals surface area contributed by atoms with Crippen molar-refractivity contribution >= 4 is 5.91 Å². The predicted octanol–water partition coefficient (Wildman–Crippen LogP) is 3.32. The molecule has 0 bridgehead atoms. The molecule has 1 saturated heterocycles. The van der Waals surface area contributed by atoms with Crippen molar-refractivity contribution in [3.63, 3.8) is 0 Å². The van der Waals surface area contributed by atoms with Gasteiger partial charge in [0.05, 0.1) is 6.54 Å². The summed E-state index contributed by atoms with van der Waals surface area (Å²) in [7, 11) is 0. The molecule has 4 rings (SSSR count). The largest absolute Gasteiger partial charge is 0.454 e. The zero-order valence-corrected chi connectivity index (χ0v) is 15.8. The Balaban J connectivity index is 1.37. The first-order chi connectivity index (χ1) is 13.1. The molecule has 0 atom stereocenters. The van der Waals surface area contributed by atoms with Gasteiger partial charge >= 0.3 is 0 Å². The van der Waals surface area contributed by atoms with Crippen LogP contribution in [0, 0.1) is 0 Å². The standard InChI is InChI=1S/C20H25N5O2/c1-15(2)25-13-9-21-19(25)16-6-11-23(12-7-16)20(26)18-5-4-17(27-18)14-24-10-3-8-22-24/h3-5,8-10,13,15-16H,6-7,11-12,14H2,1-2H3. The van der Waals surface area contributed by atoms with Crippen LogP contribution < -0.4 is 0 Å². The van der Waals surface area contributed by atoms with Gasteiger partial charge in [0.15, 0.2) is 5.76 Å². The fourth-order valence-corrected chi connectivity index (χ4v) is 3.71. The van der Waals surface area contributed by atoms with E-state index in [0.29, 0.717) is 24.3 Å². The fraction of sp³-hybridized carbons (Fsp3) is 0.450. The van der Waals surface area contributed by atoms with Crippen LogP contribution in [0.15, 0.2) is 47.4 Å². The molecule has 27 heavy (non-hydrogen) atoms.